The van der Waals surface area contributed by atoms with Gasteiger partial charge in [0.25, 0.3) is 5.89 Å². The van der Waals surface area contributed by atoms with Gasteiger partial charge in [0, 0.05) is 19.4 Å². The Morgan fingerprint density at radius 2 is 2.18 bits per heavy atom. The summed E-state index contributed by atoms with van der Waals surface area (Å²) < 4.78 is 10.9. The maximum absolute atomic E-state index is 5.59. The lowest BCUT2D eigenvalue weighted by molar-refractivity contribution is 0.489. The number of hydrogen-bond donors (Lipinski definition) is 1. The average Bonchev–Trinajstić information content (AvgIpc) is 2.96. The maximum Gasteiger partial charge on any atom is 0.251 e. The maximum atomic E-state index is 5.59. The molecule has 2 heterocycles. The van der Waals surface area contributed by atoms with E-state index in [4.69, 9.17) is 8.83 Å². The highest BCUT2D eigenvalue weighted by atomic mass is 16.4. The van der Waals surface area contributed by atoms with Crippen LogP contribution in [0.25, 0.3) is 11.5 Å². The Labute approximate surface area is 100 Å². The molecule has 0 radical (unpaired) electrons. The van der Waals surface area contributed by atoms with E-state index in [-0.39, 0.29) is 0 Å². The van der Waals surface area contributed by atoms with Gasteiger partial charge < -0.3 is 14.2 Å². The summed E-state index contributed by atoms with van der Waals surface area (Å²) in [6.07, 6.45) is 3.22. The largest absolute Gasteiger partial charge is 0.469 e. The molecule has 2 aromatic rings. The van der Waals surface area contributed by atoms with Crippen molar-refractivity contribution in [3.05, 3.63) is 24.0 Å². The van der Waals surface area contributed by atoms with Gasteiger partial charge in [-0.1, -0.05) is 13.8 Å². The zero-order valence-electron chi connectivity index (χ0n) is 10.2. The van der Waals surface area contributed by atoms with Gasteiger partial charge in [0.15, 0.2) is 0 Å². The first-order chi connectivity index (χ1) is 8.35. The second kappa shape index (κ2) is 5.63. The molecule has 0 fully saturated rings. The van der Waals surface area contributed by atoms with Crippen molar-refractivity contribution in [3.8, 4) is 11.5 Å². The topological polar surface area (TPSA) is 64.1 Å². The Morgan fingerprint density at radius 1 is 1.29 bits per heavy atom. The molecule has 5 nitrogen and oxygen atoms in total. The fourth-order valence-electron chi connectivity index (χ4n) is 1.64. The summed E-state index contributed by atoms with van der Waals surface area (Å²) in [6, 6.07) is 1.86. The molecule has 2 aromatic heterocycles. The van der Waals surface area contributed by atoms with Crippen LogP contribution in [-0.2, 0) is 12.8 Å². The van der Waals surface area contributed by atoms with Crippen molar-refractivity contribution in [1.82, 2.24) is 15.5 Å². The van der Waals surface area contributed by atoms with Crippen molar-refractivity contribution >= 4 is 0 Å². The van der Waals surface area contributed by atoms with Crippen molar-refractivity contribution in [2.45, 2.75) is 26.7 Å². The average molecular weight is 235 g/mol. The number of hydrogen-bond acceptors (Lipinski definition) is 5. The highest BCUT2D eigenvalue weighted by molar-refractivity contribution is 5.54. The number of aryl methyl sites for hydroxylation is 1. The second-order valence-electron chi connectivity index (χ2n) is 3.72. The smallest absolute Gasteiger partial charge is 0.251 e. The number of nitrogens with zero attached hydrogens (tertiary/aromatic N) is 2. The Bertz CT molecular complexity index is 462. The second-order valence-corrected chi connectivity index (χ2v) is 3.72. The molecule has 0 aliphatic rings. The lowest BCUT2D eigenvalue weighted by atomic mass is 10.2. The number of rotatable bonds is 6. The van der Waals surface area contributed by atoms with Crippen LogP contribution in [0.3, 0.4) is 0 Å². The molecule has 2 rings (SSSR count). The molecule has 0 saturated carbocycles. The fraction of sp³-hybridized carbons (Fsp3) is 0.500. The standard InChI is InChI=1S/C12H17N3O2/c1-3-10-9(6-8-16-10)12-15-14-11(17-12)5-7-13-4-2/h6,8,13H,3-5,7H2,1-2H3. The van der Waals surface area contributed by atoms with Gasteiger partial charge in [-0.25, -0.2) is 0 Å². The van der Waals surface area contributed by atoms with Gasteiger partial charge in [0.1, 0.15) is 5.76 Å². The zero-order valence-corrected chi connectivity index (χ0v) is 10.2. The minimum Gasteiger partial charge on any atom is -0.469 e. The SMILES string of the molecule is CCNCCc1nnc(-c2ccoc2CC)o1. The van der Waals surface area contributed by atoms with Crippen LogP contribution in [0.5, 0.6) is 0 Å². The third-order valence-electron chi connectivity index (χ3n) is 2.53. The van der Waals surface area contributed by atoms with Crippen LogP contribution in [-0.4, -0.2) is 23.3 Å². The van der Waals surface area contributed by atoms with Crippen LogP contribution in [0.2, 0.25) is 0 Å². The minimum atomic E-state index is 0.544. The number of aromatic nitrogens is 2. The minimum absolute atomic E-state index is 0.544. The molecule has 0 saturated heterocycles. The Morgan fingerprint density at radius 3 is 2.94 bits per heavy atom. The molecule has 0 bridgehead atoms. The Balaban J connectivity index is 2.07. The molecule has 92 valence electrons. The van der Waals surface area contributed by atoms with Crippen molar-refractivity contribution in [2.24, 2.45) is 0 Å². The van der Waals surface area contributed by atoms with E-state index >= 15 is 0 Å². The van der Waals surface area contributed by atoms with Crippen molar-refractivity contribution in [1.29, 1.82) is 0 Å². The molecular formula is C12H17N3O2. The first kappa shape index (κ1) is 11.9. The monoisotopic (exact) mass is 235 g/mol. The van der Waals surface area contributed by atoms with Crippen molar-refractivity contribution in [3.63, 3.8) is 0 Å². The lowest BCUT2D eigenvalue weighted by Crippen LogP contribution is -2.16. The van der Waals surface area contributed by atoms with Crippen molar-refractivity contribution < 1.29 is 8.83 Å². The molecule has 0 atom stereocenters. The first-order valence-corrected chi connectivity index (χ1v) is 5.95. The molecule has 0 aromatic carbocycles. The zero-order chi connectivity index (χ0) is 12.1. The molecule has 0 unspecified atom stereocenters. The molecule has 0 spiro atoms. The summed E-state index contributed by atoms with van der Waals surface area (Å²) >= 11 is 0. The predicted molar refractivity (Wildman–Crippen MR) is 63.6 cm³/mol. The molecule has 0 aliphatic heterocycles. The Kier molecular flexibility index (Phi) is 3.93. The van der Waals surface area contributed by atoms with Gasteiger partial charge in [-0.2, -0.15) is 0 Å². The summed E-state index contributed by atoms with van der Waals surface area (Å²) in [5, 5.41) is 11.3. The van der Waals surface area contributed by atoms with Gasteiger partial charge in [0.2, 0.25) is 5.89 Å². The van der Waals surface area contributed by atoms with Crippen LogP contribution in [0.4, 0.5) is 0 Å². The molecular weight excluding hydrogens is 218 g/mol. The predicted octanol–water partition coefficient (Wildman–Crippen LogP) is 2.04. The Hall–Kier alpha value is -1.62. The number of furan rings is 1. The highest BCUT2D eigenvalue weighted by Gasteiger charge is 2.13. The van der Waals surface area contributed by atoms with Gasteiger partial charge in [-0.15, -0.1) is 10.2 Å². The van der Waals surface area contributed by atoms with Crippen LogP contribution in [0.15, 0.2) is 21.2 Å². The van der Waals surface area contributed by atoms with E-state index in [0.717, 1.165) is 37.3 Å². The molecule has 1 N–H and O–H groups in total. The van der Waals surface area contributed by atoms with Crippen LogP contribution >= 0.6 is 0 Å². The van der Waals surface area contributed by atoms with Gasteiger partial charge >= 0.3 is 0 Å². The van der Waals surface area contributed by atoms with Crippen LogP contribution in [0.1, 0.15) is 25.5 Å². The summed E-state index contributed by atoms with van der Waals surface area (Å²) in [5.74, 6) is 2.08. The van der Waals surface area contributed by atoms with E-state index in [1.807, 2.05) is 13.0 Å². The molecule has 17 heavy (non-hydrogen) atoms. The van der Waals surface area contributed by atoms with Gasteiger partial charge in [-0.05, 0) is 12.6 Å². The van der Waals surface area contributed by atoms with E-state index in [1.54, 1.807) is 6.26 Å². The highest BCUT2D eigenvalue weighted by Crippen LogP contribution is 2.23. The third kappa shape index (κ3) is 2.74. The molecule has 0 amide bonds. The summed E-state index contributed by atoms with van der Waals surface area (Å²) in [6.45, 7) is 5.90. The molecule has 0 aliphatic carbocycles. The van der Waals surface area contributed by atoms with E-state index in [0.29, 0.717) is 11.8 Å². The van der Waals surface area contributed by atoms with E-state index in [2.05, 4.69) is 22.4 Å². The number of likely N-dealkylation sites (N-methyl/N-ethyl adjacent to an activating group) is 1. The quantitative estimate of drug-likeness (QED) is 0.776. The molecule has 5 heteroatoms. The third-order valence-corrected chi connectivity index (χ3v) is 2.53. The summed E-state index contributed by atoms with van der Waals surface area (Å²) in [4.78, 5) is 0. The normalized spacial score (nSPS) is 10.9. The summed E-state index contributed by atoms with van der Waals surface area (Å²) in [5.41, 5.74) is 0.898. The van der Waals surface area contributed by atoms with E-state index in [9.17, 15) is 0 Å². The van der Waals surface area contributed by atoms with Crippen LogP contribution < -0.4 is 5.32 Å². The number of nitrogens with one attached hydrogen (secondary N) is 1. The van der Waals surface area contributed by atoms with E-state index < -0.39 is 0 Å². The van der Waals surface area contributed by atoms with Gasteiger partial charge in [-0.3, -0.25) is 0 Å². The summed E-state index contributed by atoms with van der Waals surface area (Å²) in [7, 11) is 0. The fourth-order valence-corrected chi connectivity index (χ4v) is 1.64. The van der Waals surface area contributed by atoms with E-state index in [1.165, 1.54) is 0 Å². The lowest BCUT2D eigenvalue weighted by Gasteiger charge is -1.96. The first-order valence-electron chi connectivity index (χ1n) is 5.95. The van der Waals surface area contributed by atoms with Crippen LogP contribution in [0, 0.1) is 0 Å². The van der Waals surface area contributed by atoms with Gasteiger partial charge in [0.05, 0.1) is 11.8 Å². The van der Waals surface area contributed by atoms with Crippen molar-refractivity contribution in [2.75, 3.05) is 13.1 Å².